The number of benzene rings is 2. The molecule has 0 unspecified atom stereocenters. The zero-order chi connectivity index (χ0) is 19.0. The topological polar surface area (TPSA) is 71.8 Å². The molecule has 3 aromatic rings. The van der Waals surface area contributed by atoms with E-state index in [-0.39, 0.29) is 17.2 Å². The van der Waals surface area contributed by atoms with Gasteiger partial charge in [-0.05, 0) is 38.0 Å². The van der Waals surface area contributed by atoms with Gasteiger partial charge in [-0.2, -0.15) is 0 Å². The maximum absolute atomic E-state index is 13.2. The number of hydrogen-bond donors (Lipinski definition) is 2. The largest absolute Gasteiger partial charge is 0.325 e. The van der Waals surface area contributed by atoms with Gasteiger partial charge >= 0.3 is 0 Å². The molecule has 0 saturated heterocycles. The van der Waals surface area contributed by atoms with Crippen LogP contribution >= 0.6 is 11.8 Å². The van der Waals surface area contributed by atoms with E-state index < -0.39 is 0 Å². The molecule has 2 heterocycles. The van der Waals surface area contributed by atoms with Gasteiger partial charge in [-0.15, -0.1) is 10.2 Å². The van der Waals surface area contributed by atoms with Crippen LogP contribution in [0.5, 0.6) is 0 Å². The van der Waals surface area contributed by atoms with Crippen LogP contribution in [0.3, 0.4) is 0 Å². The number of thioether (sulfide) groups is 1. The second-order valence-electron chi connectivity index (χ2n) is 6.73. The maximum atomic E-state index is 13.2. The van der Waals surface area contributed by atoms with Gasteiger partial charge in [-0.25, -0.2) is 4.68 Å². The fourth-order valence-corrected chi connectivity index (χ4v) is 4.23. The molecule has 0 aliphatic carbocycles. The Bertz CT molecular complexity index is 982. The first-order valence-corrected chi connectivity index (χ1v) is 9.69. The molecular formula is C20H21N5OS. The van der Waals surface area contributed by atoms with Crippen LogP contribution in [0.25, 0.3) is 0 Å². The lowest BCUT2D eigenvalue weighted by atomic mass is 10.0. The van der Waals surface area contributed by atoms with E-state index in [0.29, 0.717) is 5.16 Å². The van der Waals surface area contributed by atoms with Crippen molar-refractivity contribution in [1.82, 2.24) is 14.9 Å². The van der Waals surface area contributed by atoms with Gasteiger partial charge in [-0.1, -0.05) is 59.8 Å². The Morgan fingerprint density at radius 1 is 1.07 bits per heavy atom. The van der Waals surface area contributed by atoms with Crippen molar-refractivity contribution in [1.29, 1.82) is 0 Å². The van der Waals surface area contributed by atoms with Crippen LogP contribution in [0.2, 0.25) is 0 Å². The standard InChI is InChI=1S/C20H21N5OS/c1-12-8-10-15(11-9-12)17-18(27-20-23-22-14(3)25(20)24-17)19(26)21-16-7-5-4-6-13(16)2/h4-11,17-18,24H,1-3H3,(H,21,26)/t17-,18+/m0/s1. The predicted octanol–water partition coefficient (Wildman–Crippen LogP) is 3.60. The fourth-order valence-electron chi connectivity index (χ4n) is 3.10. The number of rotatable bonds is 3. The number of carbonyl (C=O) groups is 1. The van der Waals surface area contributed by atoms with E-state index in [2.05, 4.69) is 52.1 Å². The minimum atomic E-state index is -0.372. The van der Waals surface area contributed by atoms with Gasteiger partial charge in [0.1, 0.15) is 11.1 Å². The van der Waals surface area contributed by atoms with Gasteiger partial charge in [0.2, 0.25) is 11.1 Å². The van der Waals surface area contributed by atoms with E-state index in [1.807, 2.05) is 42.8 Å². The van der Waals surface area contributed by atoms with E-state index >= 15 is 0 Å². The Balaban J connectivity index is 1.68. The molecule has 4 rings (SSSR count). The summed E-state index contributed by atoms with van der Waals surface area (Å²) in [6.07, 6.45) is 0. The van der Waals surface area contributed by atoms with Crippen LogP contribution in [-0.4, -0.2) is 26.0 Å². The summed E-state index contributed by atoms with van der Waals surface area (Å²) in [7, 11) is 0. The van der Waals surface area contributed by atoms with E-state index in [9.17, 15) is 4.79 Å². The lowest BCUT2D eigenvalue weighted by molar-refractivity contribution is -0.116. The molecule has 0 spiro atoms. The molecule has 1 amide bonds. The Morgan fingerprint density at radius 2 is 1.81 bits per heavy atom. The third-order valence-corrected chi connectivity index (χ3v) is 5.91. The van der Waals surface area contributed by atoms with Crippen molar-refractivity contribution in [3.63, 3.8) is 0 Å². The number of nitrogens with zero attached hydrogens (tertiary/aromatic N) is 3. The summed E-state index contributed by atoms with van der Waals surface area (Å²) in [5.41, 5.74) is 7.52. The highest BCUT2D eigenvalue weighted by atomic mass is 32.2. The van der Waals surface area contributed by atoms with Gasteiger partial charge in [0, 0.05) is 5.69 Å². The number of nitrogens with one attached hydrogen (secondary N) is 2. The van der Waals surface area contributed by atoms with Crippen molar-refractivity contribution in [2.45, 2.75) is 37.2 Å². The molecule has 0 saturated carbocycles. The molecule has 0 fully saturated rings. The van der Waals surface area contributed by atoms with Crippen molar-refractivity contribution >= 4 is 23.4 Å². The first kappa shape index (κ1) is 17.6. The first-order valence-electron chi connectivity index (χ1n) is 8.81. The van der Waals surface area contributed by atoms with Crippen LogP contribution in [0.1, 0.15) is 28.6 Å². The molecule has 0 bridgehead atoms. The number of anilines is 1. The number of aryl methyl sites for hydroxylation is 3. The second kappa shape index (κ2) is 7.08. The van der Waals surface area contributed by atoms with Crippen molar-refractivity contribution < 1.29 is 4.79 Å². The van der Waals surface area contributed by atoms with Gasteiger partial charge in [0.15, 0.2) is 0 Å². The summed E-state index contributed by atoms with van der Waals surface area (Å²) in [5, 5.41) is 11.7. The summed E-state index contributed by atoms with van der Waals surface area (Å²) in [6, 6.07) is 15.8. The van der Waals surface area contributed by atoms with E-state index in [1.165, 1.54) is 17.3 Å². The van der Waals surface area contributed by atoms with Gasteiger partial charge in [0.25, 0.3) is 0 Å². The minimum Gasteiger partial charge on any atom is -0.325 e. The zero-order valence-electron chi connectivity index (χ0n) is 15.4. The first-order chi connectivity index (χ1) is 13.0. The number of amides is 1. The maximum Gasteiger partial charge on any atom is 0.240 e. The van der Waals surface area contributed by atoms with Crippen LogP contribution < -0.4 is 10.7 Å². The Morgan fingerprint density at radius 3 is 2.56 bits per heavy atom. The average Bonchev–Trinajstić information content (AvgIpc) is 3.03. The smallest absolute Gasteiger partial charge is 0.240 e. The Hall–Kier alpha value is -2.80. The number of para-hydroxylation sites is 1. The summed E-state index contributed by atoms with van der Waals surface area (Å²) in [5.74, 6) is 0.714. The van der Waals surface area contributed by atoms with Crippen LogP contribution in [-0.2, 0) is 4.79 Å². The molecule has 6 nitrogen and oxygen atoms in total. The minimum absolute atomic E-state index is 0.0562. The molecule has 2 atom stereocenters. The molecule has 2 N–H and O–H groups in total. The number of carbonyl (C=O) groups excluding carboxylic acids is 1. The zero-order valence-corrected chi connectivity index (χ0v) is 16.2. The molecule has 1 aliphatic heterocycles. The van der Waals surface area contributed by atoms with Crippen molar-refractivity contribution in [2.75, 3.05) is 10.7 Å². The van der Waals surface area contributed by atoms with Crippen molar-refractivity contribution in [3.05, 3.63) is 71.0 Å². The van der Waals surface area contributed by atoms with Gasteiger partial charge in [0.05, 0.1) is 6.04 Å². The van der Waals surface area contributed by atoms with Crippen molar-refractivity contribution in [2.24, 2.45) is 0 Å². The van der Waals surface area contributed by atoms with Crippen LogP contribution in [0.15, 0.2) is 53.7 Å². The summed E-state index contributed by atoms with van der Waals surface area (Å²) >= 11 is 1.43. The monoisotopic (exact) mass is 379 g/mol. The SMILES string of the molecule is Cc1ccc([C@@H]2Nn3c(C)nnc3S[C@H]2C(=O)Nc2ccccc2C)cc1. The highest BCUT2D eigenvalue weighted by molar-refractivity contribution is 8.00. The van der Waals surface area contributed by atoms with Crippen LogP contribution in [0.4, 0.5) is 5.69 Å². The molecule has 138 valence electrons. The van der Waals surface area contributed by atoms with Crippen molar-refractivity contribution in [3.8, 4) is 0 Å². The van der Waals surface area contributed by atoms with E-state index in [4.69, 9.17) is 0 Å². The molecular weight excluding hydrogens is 358 g/mol. The summed E-state index contributed by atoms with van der Waals surface area (Å²) in [4.78, 5) is 13.2. The number of hydrogen-bond acceptors (Lipinski definition) is 5. The molecule has 1 aromatic heterocycles. The summed E-state index contributed by atoms with van der Waals surface area (Å²) < 4.78 is 1.85. The van der Waals surface area contributed by atoms with Gasteiger partial charge < -0.3 is 10.7 Å². The highest BCUT2D eigenvalue weighted by Crippen LogP contribution is 2.37. The molecule has 27 heavy (non-hydrogen) atoms. The predicted molar refractivity (Wildman–Crippen MR) is 107 cm³/mol. The summed E-state index contributed by atoms with van der Waals surface area (Å²) in [6.45, 7) is 5.93. The van der Waals surface area contributed by atoms with E-state index in [0.717, 1.165) is 22.6 Å². The third kappa shape index (κ3) is 3.42. The molecule has 7 heteroatoms. The highest BCUT2D eigenvalue weighted by Gasteiger charge is 2.37. The Kier molecular flexibility index (Phi) is 4.61. The number of fused-ring (bicyclic) bond motifs is 1. The molecule has 2 aromatic carbocycles. The molecule has 0 radical (unpaired) electrons. The third-order valence-electron chi connectivity index (χ3n) is 4.70. The molecule has 1 aliphatic rings. The lowest BCUT2D eigenvalue weighted by Crippen LogP contribution is -2.41. The second-order valence-corrected chi connectivity index (χ2v) is 7.83. The normalized spacial score (nSPS) is 18.5. The lowest BCUT2D eigenvalue weighted by Gasteiger charge is -2.33. The quantitative estimate of drug-likeness (QED) is 0.727. The average molecular weight is 379 g/mol. The van der Waals surface area contributed by atoms with E-state index in [1.54, 1.807) is 0 Å². The number of aromatic nitrogens is 3. The Labute approximate surface area is 162 Å². The van der Waals surface area contributed by atoms with Gasteiger partial charge in [-0.3, -0.25) is 4.79 Å². The fraction of sp³-hybridized carbons (Fsp3) is 0.250. The van der Waals surface area contributed by atoms with Crippen LogP contribution in [0, 0.1) is 20.8 Å².